The van der Waals surface area contributed by atoms with Gasteiger partial charge in [0.2, 0.25) is 5.96 Å². The zero-order valence-electron chi connectivity index (χ0n) is 7.90. The molecule has 0 aliphatic heterocycles. The lowest BCUT2D eigenvalue weighted by Gasteiger charge is -2.02. The molecule has 0 saturated heterocycles. The molecular weight excluding hydrogens is 182 g/mol. The van der Waals surface area contributed by atoms with Crippen LogP contribution in [0.15, 0.2) is 29.3 Å². The summed E-state index contributed by atoms with van der Waals surface area (Å²) in [5.74, 6) is 0.733. The molecule has 0 unspecified atom stereocenters. The van der Waals surface area contributed by atoms with E-state index in [0.717, 1.165) is 5.75 Å². The van der Waals surface area contributed by atoms with Gasteiger partial charge in [0, 0.05) is 0 Å². The van der Waals surface area contributed by atoms with Crippen molar-refractivity contribution in [1.29, 1.82) is 0 Å². The standard InChI is InChI=1S/C9H13N3O2/c1-2-14-8-5-3-7(4-6-8)11-9(10)12-13/h3-6,13H,2H2,1H3,(H3,10,11,12). The topological polar surface area (TPSA) is 79.9 Å². The normalized spacial score (nSPS) is 11.1. The van der Waals surface area contributed by atoms with Crippen molar-refractivity contribution < 1.29 is 9.94 Å². The van der Waals surface area contributed by atoms with E-state index < -0.39 is 0 Å². The molecule has 0 radical (unpaired) electrons. The number of guanidine groups is 1. The average molecular weight is 195 g/mol. The third-order valence-electron chi connectivity index (χ3n) is 1.51. The Bertz CT molecular complexity index is 308. The van der Waals surface area contributed by atoms with Crippen LogP contribution in [0.1, 0.15) is 6.92 Å². The maximum atomic E-state index is 8.40. The molecule has 0 fully saturated rings. The van der Waals surface area contributed by atoms with E-state index in [1.165, 1.54) is 0 Å². The first-order valence-electron chi connectivity index (χ1n) is 4.23. The van der Waals surface area contributed by atoms with Crippen molar-refractivity contribution in [2.45, 2.75) is 6.92 Å². The Labute approximate surface area is 82.2 Å². The van der Waals surface area contributed by atoms with E-state index in [1.807, 2.05) is 6.92 Å². The number of nitrogens with two attached hydrogens (primary N) is 1. The van der Waals surface area contributed by atoms with Crippen molar-refractivity contribution in [2.75, 3.05) is 6.61 Å². The summed E-state index contributed by atoms with van der Waals surface area (Å²) in [6, 6.07) is 7.06. The van der Waals surface area contributed by atoms with Gasteiger partial charge in [-0.15, -0.1) is 0 Å². The van der Waals surface area contributed by atoms with E-state index in [4.69, 9.17) is 15.7 Å². The van der Waals surface area contributed by atoms with Crippen molar-refractivity contribution in [3.63, 3.8) is 0 Å². The summed E-state index contributed by atoms with van der Waals surface area (Å²) in [4.78, 5) is 3.86. The molecule has 0 saturated carbocycles. The highest BCUT2D eigenvalue weighted by Gasteiger charge is 1.93. The first kappa shape index (κ1) is 10.3. The SMILES string of the molecule is CCOc1ccc(N=C(N)NO)cc1. The fourth-order valence-electron chi connectivity index (χ4n) is 0.948. The zero-order chi connectivity index (χ0) is 10.4. The van der Waals surface area contributed by atoms with Gasteiger partial charge in [0.1, 0.15) is 5.75 Å². The molecule has 0 atom stereocenters. The van der Waals surface area contributed by atoms with Crippen molar-refractivity contribution in [3.8, 4) is 5.75 Å². The van der Waals surface area contributed by atoms with Crippen molar-refractivity contribution >= 4 is 11.6 Å². The summed E-state index contributed by atoms with van der Waals surface area (Å²) in [6.07, 6.45) is 0. The number of benzene rings is 1. The molecule has 0 aliphatic rings. The lowest BCUT2D eigenvalue weighted by Crippen LogP contribution is -2.27. The third kappa shape index (κ3) is 2.95. The Morgan fingerprint density at radius 3 is 2.64 bits per heavy atom. The number of hydrogen-bond acceptors (Lipinski definition) is 3. The molecule has 14 heavy (non-hydrogen) atoms. The summed E-state index contributed by atoms with van der Waals surface area (Å²) >= 11 is 0. The molecule has 76 valence electrons. The minimum absolute atomic E-state index is 0.0471. The molecule has 1 aromatic rings. The Morgan fingerprint density at radius 2 is 2.14 bits per heavy atom. The van der Waals surface area contributed by atoms with Crippen molar-refractivity contribution in [2.24, 2.45) is 10.7 Å². The molecule has 5 nitrogen and oxygen atoms in total. The number of nitrogens with one attached hydrogen (secondary N) is 1. The summed E-state index contributed by atoms with van der Waals surface area (Å²) in [7, 11) is 0. The Morgan fingerprint density at radius 1 is 1.50 bits per heavy atom. The van der Waals surface area contributed by atoms with Crippen molar-refractivity contribution in [3.05, 3.63) is 24.3 Å². The average Bonchev–Trinajstić information content (AvgIpc) is 2.21. The van der Waals surface area contributed by atoms with Gasteiger partial charge in [0.25, 0.3) is 0 Å². The summed E-state index contributed by atoms with van der Waals surface area (Å²) in [5.41, 5.74) is 7.65. The molecule has 5 heteroatoms. The summed E-state index contributed by atoms with van der Waals surface area (Å²) in [5, 5.41) is 8.40. The molecular formula is C9H13N3O2. The van der Waals surface area contributed by atoms with Gasteiger partial charge in [-0.25, -0.2) is 10.5 Å². The third-order valence-corrected chi connectivity index (χ3v) is 1.51. The Hall–Kier alpha value is -1.75. The second-order valence-electron chi connectivity index (χ2n) is 2.54. The minimum atomic E-state index is -0.0471. The van der Waals surface area contributed by atoms with E-state index >= 15 is 0 Å². The van der Waals surface area contributed by atoms with Gasteiger partial charge >= 0.3 is 0 Å². The molecule has 0 aliphatic carbocycles. The number of ether oxygens (including phenoxy) is 1. The molecule has 4 N–H and O–H groups in total. The van der Waals surface area contributed by atoms with Crippen LogP contribution in [0.4, 0.5) is 5.69 Å². The van der Waals surface area contributed by atoms with Crippen LogP contribution < -0.4 is 16.0 Å². The molecule has 1 aromatic carbocycles. The molecule has 0 aromatic heterocycles. The van der Waals surface area contributed by atoms with Gasteiger partial charge in [-0.3, -0.25) is 5.21 Å². The Balaban J connectivity index is 2.73. The lowest BCUT2D eigenvalue weighted by atomic mass is 10.3. The first-order chi connectivity index (χ1) is 6.76. The molecule has 0 heterocycles. The maximum Gasteiger partial charge on any atom is 0.218 e. The monoisotopic (exact) mass is 195 g/mol. The van der Waals surface area contributed by atoms with Gasteiger partial charge in [-0.1, -0.05) is 0 Å². The van der Waals surface area contributed by atoms with E-state index in [9.17, 15) is 0 Å². The van der Waals surface area contributed by atoms with Crippen LogP contribution in [-0.2, 0) is 0 Å². The molecule has 0 bridgehead atoms. The van der Waals surface area contributed by atoms with Crippen LogP contribution in [-0.4, -0.2) is 17.8 Å². The fraction of sp³-hybridized carbons (Fsp3) is 0.222. The summed E-state index contributed by atoms with van der Waals surface area (Å²) < 4.78 is 5.25. The van der Waals surface area contributed by atoms with E-state index in [0.29, 0.717) is 12.3 Å². The van der Waals surface area contributed by atoms with E-state index in [2.05, 4.69) is 4.99 Å². The van der Waals surface area contributed by atoms with Crippen LogP contribution in [0.3, 0.4) is 0 Å². The second kappa shape index (κ2) is 5.08. The second-order valence-corrected chi connectivity index (χ2v) is 2.54. The van der Waals surface area contributed by atoms with Crippen LogP contribution in [0, 0.1) is 0 Å². The van der Waals surface area contributed by atoms with Crippen LogP contribution in [0.5, 0.6) is 5.75 Å². The number of nitrogens with zero attached hydrogens (tertiary/aromatic N) is 1. The summed E-state index contributed by atoms with van der Waals surface area (Å²) in [6.45, 7) is 2.54. The highest BCUT2D eigenvalue weighted by atomic mass is 16.5. The predicted molar refractivity (Wildman–Crippen MR) is 53.8 cm³/mol. The van der Waals surface area contributed by atoms with Gasteiger partial charge in [-0.05, 0) is 31.2 Å². The van der Waals surface area contributed by atoms with Crippen LogP contribution in [0.25, 0.3) is 0 Å². The zero-order valence-corrected chi connectivity index (χ0v) is 7.90. The largest absolute Gasteiger partial charge is 0.494 e. The molecule has 0 spiro atoms. The smallest absolute Gasteiger partial charge is 0.218 e. The fourth-order valence-corrected chi connectivity index (χ4v) is 0.948. The number of hydroxylamine groups is 1. The van der Waals surface area contributed by atoms with E-state index in [-0.39, 0.29) is 5.96 Å². The Kier molecular flexibility index (Phi) is 3.75. The molecule has 1 rings (SSSR count). The molecule has 0 amide bonds. The quantitative estimate of drug-likeness (QED) is 0.382. The lowest BCUT2D eigenvalue weighted by molar-refractivity contribution is 0.233. The van der Waals surface area contributed by atoms with Gasteiger partial charge in [-0.2, -0.15) is 0 Å². The highest BCUT2D eigenvalue weighted by molar-refractivity contribution is 5.79. The van der Waals surface area contributed by atoms with E-state index in [1.54, 1.807) is 29.7 Å². The predicted octanol–water partition coefficient (Wildman–Crippen LogP) is 1.01. The highest BCUT2D eigenvalue weighted by Crippen LogP contribution is 2.17. The van der Waals surface area contributed by atoms with Gasteiger partial charge in [0.15, 0.2) is 0 Å². The maximum absolute atomic E-state index is 8.40. The van der Waals surface area contributed by atoms with Crippen LogP contribution >= 0.6 is 0 Å². The number of rotatable bonds is 3. The number of aliphatic imine (C=N–C) groups is 1. The first-order valence-corrected chi connectivity index (χ1v) is 4.23. The van der Waals surface area contributed by atoms with Crippen LogP contribution in [0.2, 0.25) is 0 Å². The van der Waals surface area contributed by atoms with Gasteiger partial charge < -0.3 is 10.5 Å². The number of hydrogen-bond donors (Lipinski definition) is 3. The van der Waals surface area contributed by atoms with Crippen molar-refractivity contribution in [1.82, 2.24) is 5.48 Å². The minimum Gasteiger partial charge on any atom is -0.494 e. The van der Waals surface area contributed by atoms with Gasteiger partial charge in [0.05, 0.1) is 12.3 Å².